The largest absolute Gasteiger partial charge is 0.356 e. The van der Waals surface area contributed by atoms with Crippen molar-refractivity contribution in [3.8, 4) is 0 Å². The topological polar surface area (TPSA) is 67.2 Å². The van der Waals surface area contributed by atoms with Gasteiger partial charge in [-0.2, -0.15) is 0 Å². The molecule has 6 heteroatoms. The molecule has 0 bridgehead atoms. The van der Waals surface area contributed by atoms with Crippen LogP contribution in [0.5, 0.6) is 0 Å². The zero-order chi connectivity index (χ0) is 19.8. The molecule has 28 heavy (non-hydrogen) atoms. The monoisotopic (exact) mass is 384 g/mol. The minimum atomic E-state index is 0.109. The fourth-order valence-electron chi connectivity index (χ4n) is 3.81. The van der Waals surface area contributed by atoms with Crippen molar-refractivity contribution in [1.29, 1.82) is 0 Å². The second kappa shape index (κ2) is 10.2. The Labute approximate surface area is 167 Å². The lowest BCUT2D eigenvalue weighted by molar-refractivity contribution is -0.132. The van der Waals surface area contributed by atoms with Crippen LogP contribution in [-0.2, 0) is 22.6 Å². The Hall–Kier alpha value is -2.37. The highest BCUT2D eigenvalue weighted by Gasteiger charge is 2.19. The van der Waals surface area contributed by atoms with Gasteiger partial charge >= 0.3 is 0 Å². The number of hydrogen-bond acceptors (Lipinski definition) is 3. The molecular weight excluding hydrogens is 352 g/mol. The van der Waals surface area contributed by atoms with Crippen LogP contribution in [0.1, 0.15) is 57.7 Å². The number of nitrogens with zero attached hydrogens (tertiary/aromatic N) is 3. The number of benzene rings is 1. The van der Waals surface area contributed by atoms with Crippen LogP contribution >= 0.6 is 0 Å². The summed E-state index contributed by atoms with van der Waals surface area (Å²) in [5, 5.41) is 2.92. The number of rotatable bonds is 9. The van der Waals surface area contributed by atoms with Gasteiger partial charge in [0.25, 0.3) is 0 Å². The maximum atomic E-state index is 12.8. The number of aryl methyl sites for hydroxylation is 1. The smallest absolute Gasteiger partial charge is 0.242 e. The van der Waals surface area contributed by atoms with Gasteiger partial charge in [0.2, 0.25) is 11.8 Å². The number of hydrogen-bond donors (Lipinski definition) is 1. The molecule has 1 aromatic heterocycles. The van der Waals surface area contributed by atoms with Gasteiger partial charge < -0.3 is 14.8 Å². The Morgan fingerprint density at radius 2 is 1.86 bits per heavy atom. The Morgan fingerprint density at radius 1 is 1.07 bits per heavy atom. The van der Waals surface area contributed by atoms with Crippen LogP contribution < -0.4 is 5.32 Å². The van der Waals surface area contributed by atoms with E-state index in [1.165, 1.54) is 6.42 Å². The molecule has 0 aliphatic carbocycles. The predicted molar refractivity (Wildman–Crippen MR) is 111 cm³/mol. The molecule has 0 spiro atoms. The van der Waals surface area contributed by atoms with Crippen molar-refractivity contribution in [2.75, 3.05) is 19.6 Å². The van der Waals surface area contributed by atoms with E-state index in [0.29, 0.717) is 13.0 Å². The maximum Gasteiger partial charge on any atom is 0.242 e. The lowest BCUT2D eigenvalue weighted by Crippen LogP contribution is -2.38. The second-order valence-electron chi connectivity index (χ2n) is 7.56. The Balaban J connectivity index is 1.60. The molecule has 0 saturated carbocycles. The van der Waals surface area contributed by atoms with Crippen molar-refractivity contribution in [1.82, 2.24) is 19.8 Å². The van der Waals surface area contributed by atoms with Crippen LogP contribution in [-0.4, -0.2) is 45.9 Å². The summed E-state index contributed by atoms with van der Waals surface area (Å²) in [7, 11) is 0. The first-order chi connectivity index (χ1) is 13.7. The summed E-state index contributed by atoms with van der Waals surface area (Å²) >= 11 is 0. The van der Waals surface area contributed by atoms with Gasteiger partial charge in [0.05, 0.1) is 11.0 Å². The SMILES string of the molecule is CCC(=O)NCCCCCc1nc2ccccc2n1CC(=O)N1CCCCC1. The highest BCUT2D eigenvalue weighted by Crippen LogP contribution is 2.19. The number of unbranched alkanes of at least 4 members (excludes halogenated alkanes) is 2. The van der Waals surface area contributed by atoms with E-state index in [4.69, 9.17) is 4.98 Å². The molecule has 1 N–H and O–H groups in total. The Morgan fingerprint density at radius 3 is 2.64 bits per heavy atom. The van der Waals surface area contributed by atoms with E-state index in [9.17, 15) is 9.59 Å². The normalized spacial score (nSPS) is 14.4. The molecule has 0 radical (unpaired) electrons. The molecule has 3 rings (SSSR count). The minimum absolute atomic E-state index is 0.109. The van der Waals surface area contributed by atoms with Gasteiger partial charge in [-0.05, 0) is 44.2 Å². The van der Waals surface area contributed by atoms with Crippen LogP contribution in [0.2, 0.25) is 0 Å². The summed E-state index contributed by atoms with van der Waals surface area (Å²) in [4.78, 5) is 30.9. The van der Waals surface area contributed by atoms with Crippen LogP contribution in [0.3, 0.4) is 0 Å². The number of carbonyl (C=O) groups is 2. The van der Waals surface area contributed by atoms with E-state index in [1.807, 2.05) is 30.0 Å². The summed E-state index contributed by atoms with van der Waals surface area (Å²) in [6, 6.07) is 8.06. The summed E-state index contributed by atoms with van der Waals surface area (Å²) in [6.07, 6.45) is 7.84. The molecule has 2 amide bonds. The standard InChI is InChI=1S/C22H32N4O2/c1-2-21(27)23-14-8-3-5-13-20-24-18-11-6-7-12-19(18)26(20)17-22(28)25-15-9-4-10-16-25/h6-7,11-12H,2-5,8-10,13-17H2,1H3,(H,23,27). The average molecular weight is 385 g/mol. The zero-order valence-corrected chi connectivity index (χ0v) is 17.0. The highest BCUT2D eigenvalue weighted by atomic mass is 16.2. The molecule has 2 heterocycles. The number of carbonyl (C=O) groups excluding carboxylic acids is 2. The quantitative estimate of drug-likeness (QED) is 0.675. The number of imidazole rings is 1. The highest BCUT2D eigenvalue weighted by molar-refractivity contribution is 5.81. The van der Waals surface area contributed by atoms with Gasteiger partial charge in [-0.3, -0.25) is 9.59 Å². The molecule has 2 aromatic rings. The zero-order valence-electron chi connectivity index (χ0n) is 17.0. The average Bonchev–Trinajstić information content (AvgIpc) is 3.08. The van der Waals surface area contributed by atoms with Gasteiger partial charge in [-0.25, -0.2) is 4.98 Å². The van der Waals surface area contributed by atoms with Gasteiger partial charge in [0.1, 0.15) is 12.4 Å². The number of amides is 2. The molecule has 1 aliphatic heterocycles. The molecule has 0 atom stereocenters. The molecule has 0 unspecified atom stereocenters. The van der Waals surface area contributed by atoms with Gasteiger partial charge in [0.15, 0.2) is 0 Å². The number of fused-ring (bicyclic) bond motifs is 1. The third kappa shape index (κ3) is 5.33. The fraction of sp³-hybridized carbons (Fsp3) is 0.591. The summed E-state index contributed by atoms with van der Waals surface area (Å²) in [5.41, 5.74) is 2.00. The van der Waals surface area contributed by atoms with Gasteiger partial charge in [0, 0.05) is 32.5 Å². The van der Waals surface area contributed by atoms with E-state index in [2.05, 4.69) is 16.0 Å². The predicted octanol–water partition coefficient (Wildman–Crippen LogP) is 3.29. The molecule has 1 aromatic carbocycles. The minimum Gasteiger partial charge on any atom is -0.356 e. The summed E-state index contributed by atoms with van der Waals surface area (Å²) < 4.78 is 2.10. The Kier molecular flexibility index (Phi) is 7.46. The third-order valence-electron chi connectivity index (χ3n) is 5.46. The van der Waals surface area contributed by atoms with Crippen molar-refractivity contribution >= 4 is 22.8 Å². The van der Waals surface area contributed by atoms with Crippen LogP contribution in [0.15, 0.2) is 24.3 Å². The molecule has 1 fully saturated rings. The first-order valence-electron chi connectivity index (χ1n) is 10.7. The Bertz CT molecular complexity index is 793. The van der Waals surface area contributed by atoms with Crippen molar-refractivity contribution in [3.05, 3.63) is 30.1 Å². The van der Waals surface area contributed by atoms with Crippen molar-refractivity contribution in [3.63, 3.8) is 0 Å². The van der Waals surface area contributed by atoms with E-state index >= 15 is 0 Å². The summed E-state index contributed by atoms with van der Waals surface area (Å²) in [6.45, 7) is 4.73. The van der Waals surface area contributed by atoms with Crippen LogP contribution in [0.25, 0.3) is 11.0 Å². The molecule has 6 nitrogen and oxygen atoms in total. The molecule has 152 valence electrons. The van der Waals surface area contributed by atoms with E-state index < -0.39 is 0 Å². The van der Waals surface area contributed by atoms with Crippen molar-refractivity contribution < 1.29 is 9.59 Å². The van der Waals surface area contributed by atoms with Crippen molar-refractivity contribution in [2.45, 2.75) is 64.8 Å². The van der Waals surface area contributed by atoms with Crippen LogP contribution in [0.4, 0.5) is 0 Å². The van der Waals surface area contributed by atoms with Crippen LogP contribution in [0, 0.1) is 0 Å². The van der Waals surface area contributed by atoms with E-state index in [0.717, 1.165) is 75.0 Å². The molecule has 1 saturated heterocycles. The first kappa shape index (κ1) is 20.4. The molecule has 1 aliphatic rings. The number of aromatic nitrogens is 2. The third-order valence-corrected chi connectivity index (χ3v) is 5.46. The lowest BCUT2D eigenvalue weighted by atomic mass is 10.1. The molecular formula is C22H32N4O2. The number of nitrogens with one attached hydrogen (secondary N) is 1. The van der Waals surface area contributed by atoms with Gasteiger partial charge in [-0.1, -0.05) is 25.5 Å². The fourth-order valence-corrected chi connectivity index (χ4v) is 3.81. The van der Waals surface area contributed by atoms with E-state index in [1.54, 1.807) is 0 Å². The second-order valence-corrected chi connectivity index (χ2v) is 7.56. The lowest BCUT2D eigenvalue weighted by Gasteiger charge is -2.27. The number of para-hydroxylation sites is 2. The van der Waals surface area contributed by atoms with E-state index in [-0.39, 0.29) is 11.8 Å². The first-order valence-corrected chi connectivity index (χ1v) is 10.7. The number of likely N-dealkylation sites (tertiary alicyclic amines) is 1. The van der Waals surface area contributed by atoms with Gasteiger partial charge in [-0.15, -0.1) is 0 Å². The number of piperidine rings is 1. The summed E-state index contributed by atoms with van der Waals surface area (Å²) in [5.74, 6) is 1.30. The maximum absolute atomic E-state index is 12.8. The van der Waals surface area contributed by atoms with Crippen molar-refractivity contribution in [2.24, 2.45) is 0 Å².